The summed E-state index contributed by atoms with van der Waals surface area (Å²) in [5, 5.41) is 7.76. The van der Waals surface area contributed by atoms with Crippen LogP contribution >= 0.6 is 34.4 Å². The molecule has 0 fully saturated rings. The summed E-state index contributed by atoms with van der Waals surface area (Å²) >= 11 is 4.61. The molecular weight excluding hydrogens is 286 g/mol. The summed E-state index contributed by atoms with van der Waals surface area (Å²) in [5.74, 6) is 0.415. The summed E-state index contributed by atoms with van der Waals surface area (Å²) in [5.41, 5.74) is 2.00. The van der Waals surface area contributed by atoms with Gasteiger partial charge in [0.1, 0.15) is 5.01 Å². The van der Waals surface area contributed by atoms with E-state index in [2.05, 4.69) is 15.3 Å². The maximum Gasteiger partial charge on any atom is 0.230 e. The molecule has 0 unspecified atom stereocenters. The van der Waals surface area contributed by atoms with Crippen LogP contribution in [0.25, 0.3) is 0 Å². The van der Waals surface area contributed by atoms with E-state index in [-0.39, 0.29) is 5.91 Å². The van der Waals surface area contributed by atoms with Crippen molar-refractivity contribution in [3.05, 3.63) is 27.2 Å². The van der Waals surface area contributed by atoms with Crippen LogP contribution in [-0.2, 0) is 11.3 Å². The van der Waals surface area contributed by atoms with Gasteiger partial charge in [-0.25, -0.2) is 9.97 Å². The quantitative estimate of drug-likeness (QED) is 0.862. The fourth-order valence-corrected chi connectivity index (χ4v) is 3.63. The topological polar surface area (TPSA) is 54.9 Å². The molecule has 2 rings (SSSR count). The number of thioether (sulfide) groups is 1. The van der Waals surface area contributed by atoms with Crippen molar-refractivity contribution in [1.82, 2.24) is 15.3 Å². The van der Waals surface area contributed by atoms with Crippen molar-refractivity contribution in [2.24, 2.45) is 0 Å². The molecule has 18 heavy (non-hydrogen) atoms. The maximum atomic E-state index is 11.6. The van der Waals surface area contributed by atoms with Crippen molar-refractivity contribution in [1.29, 1.82) is 0 Å². The van der Waals surface area contributed by atoms with Gasteiger partial charge in [0.2, 0.25) is 5.91 Å². The van der Waals surface area contributed by atoms with E-state index < -0.39 is 0 Å². The number of rotatable bonds is 5. The number of aryl methyl sites for hydroxylation is 2. The van der Waals surface area contributed by atoms with Gasteiger partial charge in [-0.3, -0.25) is 4.79 Å². The lowest BCUT2D eigenvalue weighted by Crippen LogP contribution is -2.24. The summed E-state index contributed by atoms with van der Waals surface area (Å²) in [6.45, 7) is 4.41. The van der Waals surface area contributed by atoms with Crippen LogP contribution in [0.5, 0.6) is 0 Å². The van der Waals surface area contributed by atoms with Crippen LogP contribution in [-0.4, -0.2) is 21.6 Å². The van der Waals surface area contributed by atoms with Gasteiger partial charge < -0.3 is 5.32 Å². The second-order valence-corrected chi connectivity index (χ2v) is 6.73. The molecule has 0 aromatic carbocycles. The molecule has 0 aliphatic heterocycles. The monoisotopic (exact) mass is 299 g/mol. The molecule has 0 radical (unpaired) electrons. The third kappa shape index (κ3) is 4.08. The van der Waals surface area contributed by atoms with Gasteiger partial charge >= 0.3 is 0 Å². The largest absolute Gasteiger partial charge is 0.349 e. The minimum absolute atomic E-state index is 0.0145. The molecule has 0 bridgehead atoms. The minimum atomic E-state index is 0.0145. The van der Waals surface area contributed by atoms with E-state index in [1.54, 1.807) is 22.7 Å². The Bertz CT molecular complexity index is 489. The van der Waals surface area contributed by atoms with Crippen molar-refractivity contribution in [2.75, 3.05) is 5.75 Å². The molecule has 2 aromatic heterocycles. The third-order valence-corrected chi connectivity index (χ3v) is 5.13. The average molecular weight is 299 g/mol. The van der Waals surface area contributed by atoms with Crippen LogP contribution in [0.4, 0.5) is 0 Å². The number of hydrogen-bond acceptors (Lipinski definition) is 6. The summed E-state index contributed by atoms with van der Waals surface area (Å²) in [4.78, 5) is 20.2. The Hall–Kier alpha value is -0.920. The van der Waals surface area contributed by atoms with Gasteiger partial charge in [0.15, 0.2) is 4.34 Å². The molecular formula is C11H13N3OS3. The SMILES string of the molecule is Cc1csc(CNC(=O)CSc2nc(C)cs2)n1. The lowest BCUT2D eigenvalue weighted by atomic mass is 10.5. The Morgan fingerprint density at radius 3 is 2.61 bits per heavy atom. The fourth-order valence-electron chi connectivity index (χ4n) is 1.24. The summed E-state index contributed by atoms with van der Waals surface area (Å²) < 4.78 is 0.938. The van der Waals surface area contributed by atoms with E-state index in [1.165, 1.54) is 11.8 Å². The molecule has 7 heteroatoms. The zero-order valence-electron chi connectivity index (χ0n) is 10.1. The number of nitrogens with one attached hydrogen (secondary N) is 1. The normalized spacial score (nSPS) is 10.6. The van der Waals surface area contributed by atoms with Crippen LogP contribution in [0.1, 0.15) is 16.4 Å². The first-order chi connectivity index (χ1) is 8.63. The molecule has 0 aliphatic rings. The second-order valence-electron chi connectivity index (χ2n) is 3.70. The Morgan fingerprint density at radius 2 is 2.00 bits per heavy atom. The number of carbonyl (C=O) groups is 1. The van der Waals surface area contributed by atoms with E-state index in [0.29, 0.717) is 12.3 Å². The van der Waals surface area contributed by atoms with Crippen LogP contribution < -0.4 is 5.32 Å². The van der Waals surface area contributed by atoms with Crippen molar-refractivity contribution in [2.45, 2.75) is 24.7 Å². The standard InChI is InChI=1S/C11H13N3OS3/c1-7-4-16-10(13-7)3-12-9(15)6-18-11-14-8(2)5-17-11/h4-5H,3,6H2,1-2H3,(H,12,15). The zero-order valence-corrected chi connectivity index (χ0v) is 12.5. The van der Waals surface area contributed by atoms with Gasteiger partial charge in [0.05, 0.1) is 12.3 Å². The van der Waals surface area contributed by atoms with Gasteiger partial charge in [-0.2, -0.15) is 0 Å². The van der Waals surface area contributed by atoms with Gasteiger partial charge in [-0.1, -0.05) is 11.8 Å². The van der Waals surface area contributed by atoms with Crippen molar-refractivity contribution >= 4 is 40.3 Å². The third-order valence-electron chi connectivity index (χ3n) is 2.03. The van der Waals surface area contributed by atoms with Crippen LogP contribution in [0.3, 0.4) is 0 Å². The van der Waals surface area contributed by atoms with Gasteiger partial charge in [-0.05, 0) is 13.8 Å². The lowest BCUT2D eigenvalue weighted by Gasteiger charge is -2.01. The highest BCUT2D eigenvalue weighted by molar-refractivity contribution is 8.01. The Labute approximate surface area is 118 Å². The van der Waals surface area contributed by atoms with Gasteiger partial charge in [0.25, 0.3) is 0 Å². The van der Waals surface area contributed by atoms with E-state index in [9.17, 15) is 4.79 Å². The van der Waals surface area contributed by atoms with E-state index in [0.717, 1.165) is 20.7 Å². The number of aromatic nitrogens is 2. The van der Waals surface area contributed by atoms with Gasteiger partial charge in [-0.15, -0.1) is 22.7 Å². The number of thiazole rings is 2. The van der Waals surface area contributed by atoms with E-state index in [1.807, 2.05) is 24.6 Å². The molecule has 2 heterocycles. The first kappa shape index (κ1) is 13.5. The van der Waals surface area contributed by atoms with Crippen LogP contribution in [0, 0.1) is 13.8 Å². The summed E-state index contributed by atoms with van der Waals surface area (Å²) in [7, 11) is 0. The van der Waals surface area contributed by atoms with Crippen LogP contribution in [0.2, 0.25) is 0 Å². The summed E-state index contributed by atoms with van der Waals surface area (Å²) in [6.07, 6.45) is 0. The lowest BCUT2D eigenvalue weighted by molar-refractivity contribution is -0.118. The van der Waals surface area contributed by atoms with Gasteiger partial charge in [0, 0.05) is 22.1 Å². The first-order valence-electron chi connectivity index (χ1n) is 5.36. The predicted octanol–water partition coefficient (Wildman–Crippen LogP) is 2.62. The zero-order chi connectivity index (χ0) is 13.0. The van der Waals surface area contributed by atoms with Crippen molar-refractivity contribution < 1.29 is 4.79 Å². The molecule has 1 N–H and O–H groups in total. The van der Waals surface area contributed by atoms with Crippen molar-refractivity contribution in [3.63, 3.8) is 0 Å². The highest BCUT2D eigenvalue weighted by Gasteiger charge is 2.06. The summed E-state index contributed by atoms with van der Waals surface area (Å²) in [6, 6.07) is 0. The molecule has 2 aromatic rings. The molecule has 0 saturated carbocycles. The van der Waals surface area contributed by atoms with Crippen LogP contribution in [0.15, 0.2) is 15.1 Å². The Balaban J connectivity index is 1.72. The van der Waals surface area contributed by atoms with E-state index >= 15 is 0 Å². The molecule has 1 amide bonds. The number of nitrogens with zero attached hydrogens (tertiary/aromatic N) is 2. The molecule has 0 spiro atoms. The number of carbonyl (C=O) groups excluding carboxylic acids is 1. The number of amides is 1. The fraction of sp³-hybridized carbons (Fsp3) is 0.364. The average Bonchev–Trinajstić information content (AvgIpc) is 2.93. The smallest absolute Gasteiger partial charge is 0.230 e. The van der Waals surface area contributed by atoms with E-state index in [4.69, 9.17) is 0 Å². The second kappa shape index (κ2) is 6.31. The van der Waals surface area contributed by atoms with Crippen molar-refractivity contribution in [3.8, 4) is 0 Å². The maximum absolute atomic E-state index is 11.6. The highest BCUT2D eigenvalue weighted by atomic mass is 32.2. The Morgan fingerprint density at radius 1 is 1.28 bits per heavy atom. The molecule has 0 atom stereocenters. The molecule has 96 valence electrons. The molecule has 0 aliphatic carbocycles. The number of hydrogen-bond donors (Lipinski definition) is 1. The molecule has 4 nitrogen and oxygen atoms in total. The predicted molar refractivity (Wildman–Crippen MR) is 76.3 cm³/mol. The molecule has 0 saturated heterocycles. The highest BCUT2D eigenvalue weighted by Crippen LogP contribution is 2.21. The minimum Gasteiger partial charge on any atom is -0.349 e. The Kier molecular flexibility index (Phi) is 4.73. The first-order valence-corrected chi connectivity index (χ1v) is 8.10.